The second kappa shape index (κ2) is 14.8. The number of hydrogen-bond donors (Lipinski definition) is 3. The van der Waals surface area contributed by atoms with E-state index in [2.05, 4.69) is 29.5 Å². The number of hydrogen-bond acceptors (Lipinski definition) is 4. The Morgan fingerprint density at radius 3 is 2.52 bits per heavy atom. The van der Waals surface area contributed by atoms with Crippen LogP contribution in [0.2, 0.25) is 0 Å². The summed E-state index contributed by atoms with van der Waals surface area (Å²) in [6.07, 6.45) is 4.06. The molecule has 0 aliphatic rings. The topological polar surface area (TPSA) is 98.0 Å². The number of unbranched alkanes of at least 4 members (excludes halogenated alkanes) is 1. The number of carbonyl (C=O) groups excluding carboxylic acids is 1. The fourth-order valence-corrected chi connectivity index (χ4v) is 2.28. The van der Waals surface area contributed by atoms with Gasteiger partial charge in [0.15, 0.2) is 12.6 Å². The van der Waals surface area contributed by atoms with Crippen molar-refractivity contribution in [3.8, 4) is 5.75 Å². The van der Waals surface area contributed by atoms with Gasteiger partial charge >= 0.3 is 0 Å². The number of amides is 1. The van der Waals surface area contributed by atoms with E-state index in [1.807, 2.05) is 24.3 Å². The second-order valence-electron chi connectivity index (χ2n) is 6.16. The zero-order valence-corrected chi connectivity index (χ0v) is 16.6. The van der Waals surface area contributed by atoms with Gasteiger partial charge in [0, 0.05) is 32.8 Å². The molecule has 7 nitrogen and oxygen atoms in total. The van der Waals surface area contributed by atoms with Crippen molar-refractivity contribution < 1.29 is 14.3 Å². The van der Waals surface area contributed by atoms with Gasteiger partial charge in [-0.2, -0.15) is 0 Å². The Bertz CT molecular complexity index is 547. The van der Waals surface area contributed by atoms with Crippen LogP contribution in [-0.4, -0.2) is 51.3 Å². The summed E-state index contributed by atoms with van der Waals surface area (Å²) >= 11 is 0. The molecule has 1 aromatic rings. The molecule has 0 radical (unpaired) electrons. The third-order valence-corrected chi connectivity index (χ3v) is 3.71. The molecule has 7 heteroatoms. The van der Waals surface area contributed by atoms with Crippen LogP contribution in [0.5, 0.6) is 5.75 Å². The van der Waals surface area contributed by atoms with E-state index in [0.717, 1.165) is 64.5 Å². The van der Waals surface area contributed by atoms with Gasteiger partial charge in [-0.15, -0.1) is 0 Å². The summed E-state index contributed by atoms with van der Waals surface area (Å²) in [6, 6.07) is 7.65. The van der Waals surface area contributed by atoms with Crippen molar-refractivity contribution in [1.29, 1.82) is 0 Å². The molecular formula is C20H34N4O3. The van der Waals surface area contributed by atoms with Gasteiger partial charge in [0.05, 0.1) is 0 Å². The van der Waals surface area contributed by atoms with Crippen LogP contribution in [0.4, 0.5) is 0 Å². The van der Waals surface area contributed by atoms with Crippen molar-refractivity contribution >= 4 is 11.9 Å². The van der Waals surface area contributed by atoms with Gasteiger partial charge in [-0.25, -0.2) is 0 Å². The quantitative estimate of drug-likeness (QED) is 0.261. The minimum atomic E-state index is -0.481. The number of nitrogens with two attached hydrogens (primary N) is 1. The molecule has 1 aromatic carbocycles. The van der Waals surface area contributed by atoms with E-state index in [0.29, 0.717) is 5.75 Å². The van der Waals surface area contributed by atoms with Crippen LogP contribution in [0.25, 0.3) is 0 Å². The Balaban J connectivity index is 2.28. The predicted molar refractivity (Wildman–Crippen MR) is 109 cm³/mol. The highest BCUT2D eigenvalue weighted by molar-refractivity contribution is 5.79. The molecule has 0 aromatic heterocycles. The summed E-state index contributed by atoms with van der Waals surface area (Å²) in [4.78, 5) is 15.3. The minimum absolute atomic E-state index is 0.104. The number of rotatable bonds is 14. The molecule has 0 aliphatic heterocycles. The molecule has 0 unspecified atom stereocenters. The number of aliphatic imine (C=N–C) groups is 1. The Hall–Kier alpha value is -2.28. The number of primary amides is 1. The Morgan fingerprint density at radius 2 is 1.85 bits per heavy atom. The minimum Gasteiger partial charge on any atom is -0.484 e. The molecule has 152 valence electrons. The third kappa shape index (κ3) is 11.9. The fourth-order valence-electron chi connectivity index (χ4n) is 2.28. The maximum absolute atomic E-state index is 10.7. The lowest BCUT2D eigenvalue weighted by Gasteiger charge is -2.11. The maximum atomic E-state index is 10.7. The van der Waals surface area contributed by atoms with Crippen LogP contribution in [0, 0.1) is 0 Å². The number of carbonyl (C=O) groups is 1. The van der Waals surface area contributed by atoms with Crippen LogP contribution in [0.15, 0.2) is 29.3 Å². The van der Waals surface area contributed by atoms with Gasteiger partial charge in [-0.3, -0.25) is 9.79 Å². The average molecular weight is 379 g/mol. The molecule has 4 N–H and O–H groups in total. The van der Waals surface area contributed by atoms with Crippen molar-refractivity contribution in [3.63, 3.8) is 0 Å². The van der Waals surface area contributed by atoms with Crippen molar-refractivity contribution in [2.24, 2.45) is 10.7 Å². The summed E-state index contributed by atoms with van der Waals surface area (Å²) in [5.41, 5.74) is 6.24. The number of ether oxygens (including phenoxy) is 2. The molecule has 0 spiro atoms. The Kier molecular flexibility index (Phi) is 12.5. The Morgan fingerprint density at radius 1 is 1.11 bits per heavy atom. The van der Waals surface area contributed by atoms with E-state index in [1.165, 1.54) is 5.56 Å². The summed E-state index contributed by atoms with van der Waals surface area (Å²) in [5.74, 6) is 0.986. The first-order valence-electron chi connectivity index (χ1n) is 9.75. The van der Waals surface area contributed by atoms with Crippen molar-refractivity contribution in [2.75, 3.05) is 39.5 Å². The largest absolute Gasteiger partial charge is 0.484 e. The van der Waals surface area contributed by atoms with Crippen LogP contribution in [-0.2, 0) is 16.0 Å². The summed E-state index contributed by atoms with van der Waals surface area (Å²) < 4.78 is 10.8. The summed E-state index contributed by atoms with van der Waals surface area (Å²) in [7, 11) is 0. The van der Waals surface area contributed by atoms with Crippen molar-refractivity contribution in [1.82, 2.24) is 10.6 Å². The van der Waals surface area contributed by atoms with E-state index in [4.69, 9.17) is 15.2 Å². The lowest BCUT2D eigenvalue weighted by Crippen LogP contribution is -2.38. The van der Waals surface area contributed by atoms with E-state index in [-0.39, 0.29) is 6.61 Å². The number of benzene rings is 1. The third-order valence-electron chi connectivity index (χ3n) is 3.71. The smallest absolute Gasteiger partial charge is 0.255 e. The fraction of sp³-hybridized carbons (Fsp3) is 0.600. The van der Waals surface area contributed by atoms with Crippen LogP contribution >= 0.6 is 0 Å². The zero-order valence-electron chi connectivity index (χ0n) is 16.6. The lowest BCUT2D eigenvalue weighted by atomic mass is 10.1. The maximum Gasteiger partial charge on any atom is 0.255 e. The van der Waals surface area contributed by atoms with E-state index in [1.54, 1.807) is 0 Å². The normalized spacial score (nSPS) is 11.3. The first-order chi connectivity index (χ1) is 13.2. The summed E-state index contributed by atoms with van der Waals surface area (Å²) in [6.45, 7) is 8.05. The second-order valence-corrected chi connectivity index (χ2v) is 6.16. The molecule has 0 heterocycles. The molecular weight excluding hydrogens is 344 g/mol. The van der Waals surface area contributed by atoms with Gasteiger partial charge in [0.1, 0.15) is 5.75 Å². The highest BCUT2D eigenvalue weighted by Crippen LogP contribution is 2.12. The molecule has 1 rings (SSSR count). The number of nitrogens with zero attached hydrogens (tertiary/aromatic N) is 1. The van der Waals surface area contributed by atoms with E-state index >= 15 is 0 Å². The molecule has 27 heavy (non-hydrogen) atoms. The zero-order chi connectivity index (χ0) is 19.7. The number of guanidine groups is 1. The standard InChI is InChI=1S/C20H34N4O3/c1-3-5-14-26-15-6-12-23-20(22-4-2)24-13-11-17-7-9-18(10-8-17)27-16-19(21)25/h7-10H,3-6,11-16H2,1-2H3,(H2,21,25)(H2,22,23,24). The molecule has 0 saturated heterocycles. The van der Waals surface area contributed by atoms with Crippen molar-refractivity contribution in [2.45, 2.75) is 39.5 Å². The van der Waals surface area contributed by atoms with Gasteiger partial charge in [-0.1, -0.05) is 25.5 Å². The van der Waals surface area contributed by atoms with Crippen molar-refractivity contribution in [3.05, 3.63) is 29.8 Å². The molecule has 0 fully saturated rings. The van der Waals surface area contributed by atoms with Crippen LogP contribution in [0.3, 0.4) is 0 Å². The monoisotopic (exact) mass is 378 g/mol. The first-order valence-corrected chi connectivity index (χ1v) is 9.75. The predicted octanol–water partition coefficient (Wildman–Crippen LogP) is 1.86. The lowest BCUT2D eigenvalue weighted by molar-refractivity contribution is -0.119. The Labute approximate surface area is 162 Å². The highest BCUT2D eigenvalue weighted by Gasteiger charge is 2.00. The van der Waals surface area contributed by atoms with E-state index in [9.17, 15) is 4.79 Å². The van der Waals surface area contributed by atoms with Crippen LogP contribution in [0.1, 0.15) is 38.7 Å². The van der Waals surface area contributed by atoms with Gasteiger partial charge in [-0.05, 0) is 43.9 Å². The van der Waals surface area contributed by atoms with Gasteiger partial charge < -0.3 is 25.8 Å². The van der Waals surface area contributed by atoms with Crippen LogP contribution < -0.4 is 21.1 Å². The highest BCUT2D eigenvalue weighted by atomic mass is 16.5. The van der Waals surface area contributed by atoms with Gasteiger partial charge in [0.2, 0.25) is 0 Å². The SMILES string of the molecule is CCCCOCCCN=C(NCC)NCCc1ccc(OCC(N)=O)cc1. The average Bonchev–Trinajstić information content (AvgIpc) is 2.66. The molecule has 0 aliphatic carbocycles. The molecule has 0 atom stereocenters. The van der Waals surface area contributed by atoms with E-state index < -0.39 is 5.91 Å². The summed E-state index contributed by atoms with van der Waals surface area (Å²) in [5, 5.41) is 6.59. The molecule has 0 saturated carbocycles. The van der Waals surface area contributed by atoms with Gasteiger partial charge in [0.25, 0.3) is 5.91 Å². The molecule has 1 amide bonds. The number of nitrogens with one attached hydrogen (secondary N) is 2. The molecule has 0 bridgehead atoms. The first kappa shape index (κ1) is 22.8.